The van der Waals surface area contributed by atoms with Crippen LogP contribution in [0.2, 0.25) is 0 Å². The summed E-state index contributed by atoms with van der Waals surface area (Å²) < 4.78 is 7.22. The summed E-state index contributed by atoms with van der Waals surface area (Å²) in [5, 5.41) is 6.25. The monoisotopic (exact) mass is 431 g/mol. The lowest BCUT2D eigenvalue weighted by atomic mass is 10.2. The molecule has 0 aliphatic heterocycles. The van der Waals surface area contributed by atoms with Crippen molar-refractivity contribution in [3.8, 4) is 17.1 Å². The Kier molecular flexibility index (Phi) is 5.24. The van der Waals surface area contributed by atoms with E-state index in [4.69, 9.17) is 9.72 Å². The van der Waals surface area contributed by atoms with Crippen LogP contribution in [0.25, 0.3) is 17.2 Å². The highest BCUT2D eigenvalue weighted by atomic mass is 79.9. The van der Waals surface area contributed by atoms with Gasteiger partial charge in [0.2, 0.25) is 5.78 Å². The molecule has 0 atom stereocenters. The zero-order valence-corrected chi connectivity index (χ0v) is 17.1. The maximum Gasteiger partial charge on any atom is 0.234 e. The molecule has 0 spiro atoms. The van der Waals surface area contributed by atoms with E-state index in [-0.39, 0.29) is 17.0 Å². The summed E-state index contributed by atoms with van der Waals surface area (Å²) in [5.74, 6) is 1.53. The fourth-order valence-corrected chi connectivity index (χ4v) is 3.47. The highest BCUT2D eigenvalue weighted by Crippen LogP contribution is 2.31. The van der Waals surface area contributed by atoms with Crippen LogP contribution in [-0.2, 0) is 0 Å². The van der Waals surface area contributed by atoms with Gasteiger partial charge in [0.05, 0.1) is 18.5 Å². The fraction of sp³-hybridized carbons (Fsp3) is 0.167. The summed E-state index contributed by atoms with van der Waals surface area (Å²) in [5.41, 5.74) is 4.89. The van der Waals surface area contributed by atoms with Crippen molar-refractivity contribution in [2.45, 2.75) is 13.8 Å². The zero-order valence-electron chi connectivity index (χ0n) is 14.6. The molecule has 0 amide bonds. The second-order valence-corrected chi connectivity index (χ2v) is 6.54. The molecule has 3 heterocycles. The number of imidazole rings is 1. The molecule has 0 unspecified atom stereocenters. The van der Waals surface area contributed by atoms with Gasteiger partial charge in [0.25, 0.3) is 0 Å². The molecule has 6 nitrogen and oxygen atoms in total. The number of thiazole rings is 1. The summed E-state index contributed by atoms with van der Waals surface area (Å²) in [6, 6.07) is 7.82. The molecular formula is C18H18BrN5OS. The molecule has 0 aliphatic rings. The van der Waals surface area contributed by atoms with Crippen LogP contribution in [0.1, 0.15) is 11.3 Å². The van der Waals surface area contributed by atoms with E-state index in [0.717, 1.165) is 39.2 Å². The number of fused-ring (bicyclic) bond motifs is 1. The van der Waals surface area contributed by atoms with Crippen molar-refractivity contribution in [1.82, 2.24) is 19.4 Å². The van der Waals surface area contributed by atoms with Crippen LogP contribution in [0.15, 0.2) is 42.0 Å². The summed E-state index contributed by atoms with van der Waals surface area (Å²) in [4.78, 5) is 13.5. The van der Waals surface area contributed by atoms with E-state index in [1.807, 2.05) is 54.1 Å². The molecule has 0 saturated heterocycles. The van der Waals surface area contributed by atoms with Crippen molar-refractivity contribution >= 4 is 44.9 Å². The van der Waals surface area contributed by atoms with Gasteiger partial charge in [-0.2, -0.15) is 0 Å². The second kappa shape index (κ2) is 7.43. The average Bonchev–Trinajstić information content (AvgIpc) is 3.19. The van der Waals surface area contributed by atoms with Crippen molar-refractivity contribution < 1.29 is 4.74 Å². The molecule has 0 aliphatic carbocycles. The number of benzene rings is 1. The largest absolute Gasteiger partial charge is 0.497 e. The van der Waals surface area contributed by atoms with Crippen LogP contribution in [0.3, 0.4) is 0 Å². The molecule has 3 aromatic heterocycles. The van der Waals surface area contributed by atoms with Gasteiger partial charge < -0.3 is 10.1 Å². The molecule has 0 saturated carbocycles. The first kappa shape index (κ1) is 18.3. The predicted octanol–water partition coefficient (Wildman–Crippen LogP) is 4.80. The molecule has 0 radical (unpaired) electrons. The van der Waals surface area contributed by atoms with Gasteiger partial charge in [0.15, 0.2) is 5.13 Å². The minimum Gasteiger partial charge on any atom is -0.497 e. The lowest BCUT2D eigenvalue weighted by Crippen LogP contribution is -1.94. The average molecular weight is 432 g/mol. The van der Waals surface area contributed by atoms with Gasteiger partial charge in [-0.25, -0.2) is 15.0 Å². The number of nitrogens with one attached hydrogen (secondary N) is 1. The lowest BCUT2D eigenvalue weighted by molar-refractivity contribution is 0.414. The Morgan fingerprint density at radius 2 is 2.04 bits per heavy atom. The van der Waals surface area contributed by atoms with E-state index in [1.54, 1.807) is 24.6 Å². The Bertz CT molecular complexity index is 1060. The van der Waals surface area contributed by atoms with Gasteiger partial charge in [-0.05, 0) is 43.7 Å². The Morgan fingerprint density at radius 1 is 1.19 bits per heavy atom. The minimum absolute atomic E-state index is 0. The minimum atomic E-state index is 0. The summed E-state index contributed by atoms with van der Waals surface area (Å²) >= 11 is 1.56. The number of aryl methyl sites for hydroxylation is 2. The van der Waals surface area contributed by atoms with Crippen molar-refractivity contribution in [1.29, 1.82) is 0 Å². The molecule has 0 bridgehead atoms. The quantitative estimate of drug-likeness (QED) is 0.502. The third-order valence-electron chi connectivity index (χ3n) is 4.00. The number of aromatic nitrogens is 4. The Hall–Kier alpha value is -2.45. The van der Waals surface area contributed by atoms with Crippen LogP contribution in [-0.4, -0.2) is 26.5 Å². The van der Waals surface area contributed by atoms with E-state index in [2.05, 4.69) is 15.3 Å². The van der Waals surface area contributed by atoms with Crippen LogP contribution < -0.4 is 10.1 Å². The van der Waals surface area contributed by atoms with Crippen molar-refractivity contribution in [3.63, 3.8) is 0 Å². The molecule has 1 aromatic carbocycles. The van der Waals surface area contributed by atoms with Crippen LogP contribution in [0, 0.1) is 13.8 Å². The molecule has 26 heavy (non-hydrogen) atoms. The van der Waals surface area contributed by atoms with E-state index in [1.165, 1.54) is 0 Å². The number of rotatable bonds is 4. The number of halogens is 1. The number of hydrogen-bond acceptors (Lipinski definition) is 6. The van der Waals surface area contributed by atoms with E-state index in [9.17, 15) is 0 Å². The van der Waals surface area contributed by atoms with Crippen molar-refractivity contribution in [2.75, 3.05) is 12.4 Å². The molecule has 0 fully saturated rings. The van der Waals surface area contributed by atoms with Crippen molar-refractivity contribution in [3.05, 3.63) is 53.3 Å². The molecule has 1 N–H and O–H groups in total. The molecule has 8 heteroatoms. The van der Waals surface area contributed by atoms with Crippen molar-refractivity contribution in [2.24, 2.45) is 0 Å². The predicted molar refractivity (Wildman–Crippen MR) is 110 cm³/mol. The number of nitrogens with zero attached hydrogens (tertiary/aromatic N) is 4. The highest BCUT2D eigenvalue weighted by molar-refractivity contribution is 8.93. The van der Waals surface area contributed by atoms with Gasteiger partial charge in [0.1, 0.15) is 11.4 Å². The molecule has 134 valence electrons. The second-order valence-electron chi connectivity index (χ2n) is 5.68. The zero-order chi connectivity index (χ0) is 17.4. The highest BCUT2D eigenvalue weighted by Gasteiger charge is 2.15. The molecule has 4 rings (SSSR count). The normalized spacial score (nSPS) is 10.6. The van der Waals surface area contributed by atoms with Gasteiger partial charge in [-0.1, -0.05) is 0 Å². The smallest absolute Gasteiger partial charge is 0.234 e. The Morgan fingerprint density at radius 3 is 2.81 bits per heavy atom. The van der Waals surface area contributed by atoms with Crippen LogP contribution >= 0.6 is 28.3 Å². The summed E-state index contributed by atoms with van der Waals surface area (Å²) in [7, 11) is 1.67. The standard InChI is InChI=1S/C18H17N5OS.BrH/c1-11-9-13(24-3)5-6-14(11)21-18-22-15(10-25-18)16-12(2)20-17-19-7-4-8-23(16)17;/h4-10H,1-3H3,(H,21,22);1H. The molecular weight excluding hydrogens is 414 g/mol. The Balaban J connectivity index is 0.00000196. The van der Waals surface area contributed by atoms with Crippen LogP contribution in [0.4, 0.5) is 10.8 Å². The number of methoxy groups -OCH3 is 1. The maximum absolute atomic E-state index is 5.25. The fourth-order valence-electron chi connectivity index (χ4n) is 2.76. The third kappa shape index (κ3) is 3.30. The third-order valence-corrected chi connectivity index (χ3v) is 4.76. The topological polar surface area (TPSA) is 64.3 Å². The van der Waals surface area contributed by atoms with E-state index < -0.39 is 0 Å². The van der Waals surface area contributed by atoms with Gasteiger partial charge >= 0.3 is 0 Å². The SMILES string of the molecule is Br.COc1ccc(Nc2nc(-c3c(C)nc4ncccn34)cs2)c(C)c1. The van der Waals surface area contributed by atoms with Gasteiger partial charge in [-0.3, -0.25) is 4.40 Å². The lowest BCUT2D eigenvalue weighted by Gasteiger charge is -2.08. The molecule has 4 aromatic rings. The van der Waals surface area contributed by atoms with E-state index >= 15 is 0 Å². The summed E-state index contributed by atoms with van der Waals surface area (Å²) in [6.07, 6.45) is 3.70. The first-order chi connectivity index (χ1) is 12.2. The maximum atomic E-state index is 5.25. The van der Waals surface area contributed by atoms with E-state index in [0.29, 0.717) is 5.78 Å². The Labute approximate surface area is 165 Å². The van der Waals surface area contributed by atoms with Gasteiger partial charge in [0, 0.05) is 23.5 Å². The summed E-state index contributed by atoms with van der Waals surface area (Å²) in [6.45, 7) is 4.02. The first-order valence-corrected chi connectivity index (χ1v) is 8.71. The van der Waals surface area contributed by atoms with Crippen LogP contribution in [0.5, 0.6) is 5.75 Å². The number of anilines is 2. The number of hydrogen-bond donors (Lipinski definition) is 1. The van der Waals surface area contributed by atoms with Gasteiger partial charge in [-0.15, -0.1) is 28.3 Å². The first-order valence-electron chi connectivity index (χ1n) is 7.83. The number of ether oxygens (including phenoxy) is 1.